The molecular weight excluding hydrogens is 262 g/mol. The lowest BCUT2D eigenvalue weighted by Crippen LogP contribution is -2.18. The van der Waals surface area contributed by atoms with Crippen molar-refractivity contribution in [3.05, 3.63) is 28.8 Å². The van der Waals surface area contributed by atoms with Gasteiger partial charge >= 0.3 is 0 Å². The van der Waals surface area contributed by atoms with Crippen LogP contribution in [0.25, 0.3) is 0 Å². The highest BCUT2D eigenvalue weighted by atomic mass is 32.1. The van der Waals surface area contributed by atoms with Gasteiger partial charge in [-0.25, -0.2) is 9.97 Å². The number of methoxy groups -OCH3 is 1. The van der Waals surface area contributed by atoms with Crippen LogP contribution >= 0.6 is 11.3 Å². The third kappa shape index (κ3) is 3.12. The molecule has 0 spiro atoms. The van der Waals surface area contributed by atoms with Gasteiger partial charge in [-0.05, 0) is 0 Å². The number of ether oxygens (including phenoxy) is 1. The minimum atomic E-state index is 0.493. The lowest BCUT2D eigenvalue weighted by atomic mass is 10.4. The topological polar surface area (TPSA) is 69.2 Å². The molecule has 0 aromatic carbocycles. The predicted octanol–water partition coefficient (Wildman–Crippen LogP) is 1.12. The van der Waals surface area contributed by atoms with E-state index in [2.05, 4.69) is 14.9 Å². The fourth-order valence-corrected chi connectivity index (χ4v) is 2.67. The number of nitrogens with zero attached hydrogens (tertiary/aromatic N) is 4. The molecular formula is C12H19N5OS. The molecule has 2 aromatic heterocycles. The molecule has 19 heavy (non-hydrogen) atoms. The summed E-state index contributed by atoms with van der Waals surface area (Å²) in [6, 6.07) is 0. The zero-order valence-corrected chi connectivity index (χ0v) is 12.3. The van der Waals surface area contributed by atoms with Gasteiger partial charge in [0, 0.05) is 45.0 Å². The summed E-state index contributed by atoms with van der Waals surface area (Å²) in [5, 5.41) is 0.940. The Kier molecular flexibility index (Phi) is 4.52. The van der Waals surface area contributed by atoms with E-state index in [0.717, 1.165) is 21.5 Å². The van der Waals surface area contributed by atoms with Crippen LogP contribution in [0, 0.1) is 0 Å². The lowest BCUT2D eigenvalue weighted by Gasteiger charge is -2.15. The van der Waals surface area contributed by atoms with E-state index in [1.54, 1.807) is 24.6 Å². The van der Waals surface area contributed by atoms with E-state index in [1.807, 2.05) is 24.9 Å². The molecule has 6 nitrogen and oxygen atoms in total. The van der Waals surface area contributed by atoms with Gasteiger partial charge in [-0.2, -0.15) is 0 Å². The Morgan fingerprint density at radius 2 is 2.32 bits per heavy atom. The van der Waals surface area contributed by atoms with E-state index in [-0.39, 0.29) is 0 Å². The van der Waals surface area contributed by atoms with Gasteiger partial charge in [-0.15, -0.1) is 11.3 Å². The van der Waals surface area contributed by atoms with Crippen LogP contribution in [0.4, 0.5) is 5.13 Å². The van der Waals surface area contributed by atoms with E-state index in [4.69, 9.17) is 10.5 Å². The standard InChI is InChI=1S/C12H19N5OS/c1-16-5-4-14-11(16)7-17(2)12-15-9(8-18-3)10(6-13)19-12/h4-5H,6-8,13H2,1-3H3. The molecule has 2 N–H and O–H groups in total. The monoisotopic (exact) mass is 281 g/mol. The summed E-state index contributed by atoms with van der Waals surface area (Å²) in [4.78, 5) is 12.0. The van der Waals surface area contributed by atoms with Gasteiger partial charge < -0.3 is 19.9 Å². The molecule has 2 rings (SSSR count). The summed E-state index contributed by atoms with van der Waals surface area (Å²) in [7, 11) is 5.65. The number of anilines is 1. The third-order valence-corrected chi connectivity index (χ3v) is 4.09. The third-order valence-electron chi connectivity index (χ3n) is 2.86. The molecule has 0 radical (unpaired) electrons. The number of nitrogens with two attached hydrogens (primary N) is 1. The molecule has 0 bridgehead atoms. The molecule has 0 saturated heterocycles. The Balaban J connectivity index is 2.14. The number of hydrogen-bond donors (Lipinski definition) is 1. The SMILES string of the molecule is COCc1nc(N(C)Cc2nccn2C)sc1CN. The first kappa shape index (κ1) is 14.0. The minimum Gasteiger partial charge on any atom is -0.378 e. The maximum atomic E-state index is 5.73. The summed E-state index contributed by atoms with van der Waals surface area (Å²) < 4.78 is 7.15. The van der Waals surface area contributed by atoms with Crippen LogP contribution in [0.1, 0.15) is 16.4 Å². The molecule has 0 aliphatic heterocycles. The van der Waals surface area contributed by atoms with Crippen LogP contribution in [-0.4, -0.2) is 28.7 Å². The van der Waals surface area contributed by atoms with Gasteiger partial charge in [-0.1, -0.05) is 0 Å². The maximum absolute atomic E-state index is 5.73. The van der Waals surface area contributed by atoms with Crippen molar-refractivity contribution < 1.29 is 4.74 Å². The van der Waals surface area contributed by atoms with Crippen molar-refractivity contribution in [1.82, 2.24) is 14.5 Å². The fourth-order valence-electron chi connectivity index (χ4n) is 1.77. The number of aromatic nitrogens is 3. The highest BCUT2D eigenvalue weighted by Gasteiger charge is 2.14. The molecule has 0 unspecified atom stereocenters. The van der Waals surface area contributed by atoms with E-state index >= 15 is 0 Å². The summed E-state index contributed by atoms with van der Waals surface area (Å²) in [5.74, 6) is 1.00. The van der Waals surface area contributed by atoms with Crippen LogP contribution in [0.15, 0.2) is 12.4 Å². The Morgan fingerprint density at radius 3 is 2.89 bits per heavy atom. The highest BCUT2D eigenvalue weighted by molar-refractivity contribution is 7.15. The van der Waals surface area contributed by atoms with Gasteiger partial charge in [0.2, 0.25) is 0 Å². The Morgan fingerprint density at radius 1 is 1.53 bits per heavy atom. The van der Waals surface area contributed by atoms with Crippen LogP contribution in [0.5, 0.6) is 0 Å². The first-order valence-electron chi connectivity index (χ1n) is 6.00. The molecule has 104 valence electrons. The Hall–Kier alpha value is -1.44. The van der Waals surface area contributed by atoms with E-state index in [1.165, 1.54) is 0 Å². The maximum Gasteiger partial charge on any atom is 0.186 e. The van der Waals surface area contributed by atoms with Gasteiger partial charge in [0.15, 0.2) is 5.13 Å². The summed E-state index contributed by atoms with van der Waals surface area (Å²) in [5.41, 5.74) is 6.66. The van der Waals surface area contributed by atoms with Crippen molar-refractivity contribution in [2.24, 2.45) is 12.8 Å². The van der Waals surface area contributed by atoms with Gasteiger partial charge in [0.25, 0.3) is 0 Å². The van der Waals surface area contributed by atoms with Crippen molar-refractivity contribution in [3.63, 3.8) is 0 Å². The number of aryl methyl sites for hydroxylation is 1. The molecule has 2 heterocycles. The molecule has 0 saturated carbocycles. The number of hydrogen-bond acceptors (Lipinski definition) is 6. The molecule has 0 aliphatic rings. The van der Waals surface area contributed by atoms with Crippen molar-refractivity contribution in [2.45, 2.75) is 19.7 Å². The fraction of sp³-hybridized carbons (Fsp3) is 0.500. The number of thiazole rings is 1. The van der Waals surface area contributed by atoms with Crippen molar-refractivity contribution in [3.8, 4) is 0 Å². The molecule has 0 aliphatic carbocycles. The van der Waals surface area contributed by atoms with Crippen LogP contribution < -0.4 is 10.6 Å². The van der Waals surface area contributed by atoms with Crippen LogP contribution in [0.2, 0.25) is 0 Å². The largest absolute Gasteiger partial charge is 0.378 e. The minimum absolute atomic E-state index is 0.493. The second kappa shape index (κ2) is 6.14. The average Bonchev–Trinajstić information content (AvgIpc) is 2.97. The second-order valence-corrected chi connectivity index (χ2v) is 5.38. The molecule has 2 aromatic rings. The first-order valence-corrected chi connectivity index (χ1v) is 6.82. The molecule has 0 amide bonds. The zero-order chi connectivity index (χ0) is 13.8. The quantitative estimate of drug-likeness (QED) is 0.859. The lowest BCUT2D eigenvalue weighted by molar-refractivity contribution is 0.181. The van der Waals surface area contributed by atoms with Crippen LogP contribution in [0.3, 0.4) is 0 Å². The summed E-state index contributed by atoms with van der Waals surface area (Å²) in [6.45, 7) is 1.71. The Labute approximate surface area is 116 Å². The van der Waals surface area contributed by atoms with E-state index < -0.39 is 0 Å². The highest BCUT2D eigenvalue weighted by Crippen LogP contribution is 2.26. The average molecular weight is 281 g/mol. The molecule has 7 heteroatoms. The first-order chi connectivity index (χ1) is 9.15. The summed E-state index contributed by atoms with van der Waals surface area (Å²) in [6.07, 6.45) is 3.74. The van der Waals surface area contributed by atoms with Crippen molar-refractivity contribution in [1.29, 1.82) is 0 Å². The normalized spacial score (nSPS) is 10.9. The van der Waals surface area contributed by atoms with Gasteiger partial charge in [0.1, 0.15) is 5.82 Å². The smallest absolute Gasteiger partial charge is 0.186 e. The van der Waals surface area contributed by atoms with Gasteiger partial charge in [-0.3, -0.25) is 0 Å². The van der Waals surface area contributed by atoms with Crippen molar-refractivity contribution in [2.75, 3.05) is 19.1 Å². The van der Waals surface area contributed by atoms with Gasteiger partial charge in [0.05, 0.1) is 18.8 Å². The predicted molar refractivity (Wildman–Crippen MR) is 76.0 cm³/mol. The zero-order valence-electron chi connectivity index (χ0n) is 11.5. The van der Waals surface area contributed by atoms with Crippen LogP contribution in [-0.2, 0) is 31.5 Å². The van der Waals surface area contributed by atoms with Crippen molar-refractivity contribution >= 4 is 16.5 Å². The van der Waals surface area contributed by atoms with E-state index in [9.17, 15) is 0 Å². The summed E-state index contributed by atoms with van der Waals surface area (Å²) >= 11 is 1.61. The van der Waals surface area contributed by atoms with E-state index in [0.29, 0.717) is 19.7 Å². The number of rotatable bonds is 6. The second-order valence-electron chi connectivity index (χ2n) is 4.31. The number of imidazole rings is 1. The Bertz CT molecular complexity index is 536. The molecule has 0 fully saturated rings. The molecule has 0 atom stereocenters.